The topological polar surface area (TPSA) is 0 Å². The monoisotopic (exact) mass is 382 g/mol. The van der Waals surface area contributed by atoms with Crippen molar-refractivity contribution in [1.29, 1.82) is 0 Å². The molecule has 0 N–H and O–H groups in total. The van der Waals surface area contributed by atoms with Gasteiger partial charge in [-0.1, -0.05) is 105 Å². The minimum Gasteiger partial charge on any atom is -0.335 e. The molecule has 0 unspecified atom stereocenters. The number of halogens is 1. The van der Waals surface area contributed by atoms with Gasteiger partial charge in [0.1, 0.15) is 0 Å². The fourth-order valence-corrected chi connectivity index (χ4v) is 3.68. The van der Waals surface area contributed by atoms with Gasteiger partial charge >= 0.3 is 7.56 Å². The smallest absolute Gasteiger partial charge is 0.335 e. The zero-order valence-electron chi connectivity index (χ0n) is 18.4. The fourth-order valence-electron chi connectivity index (χ4n) is 3.68. The Balaban J connectivity index is 0.000000234. The third kappa shape index (κ3) is 6.22. The molecule has 2 radical (unpaired) electrons. The largest absolute Gasteiger partial charge is 0.392 e. The molecule has 0 aliphatic rings. The number of aryl methyl sites for hydroxylation is 6. The fraction of sp³-hybridized carbons (Fsp3) is 0.231. The van der Waals surface area contributed by atoms with E-state index in [1.165, 1.54) is 33.2 Å². The Morgan fingerprint density at radius 1 is 0.690 bits per heavy atom. The predicted molar refractivity (Wildman–Crippen MR) is 129 cm³/mol. The van der Waals surface area contributed by atoms with E-state index in [2.05, 4.69) is 71.0 Å². The molecule has 0 bridgehead atoms. The van der Waals surface area contributed by atoms with Crippen LogP contribution in [0.5, 0.6) is 0 Å². The third-order valence-corrected chi connectivity index (χ3v) is 5.07. The highest BCUT2D eigenvalue weighted by Crippen LogP contribution is 2.06. The van der Waals surface area contributed by atoms with Crippen molar-refractivity contribution in [2.24, 2.45) is 0 Å². The number of hydrogen-bond donors (Lipinski definition) is 0. The molecule has 0 spiro atoms. The lowest BCUT2D eigenvalue weighted by atomic mass is 9.61. The first kappa shape index (κ1) is 22.7. The van der Waals surface area contributed by atoms with Gasteiger partial charge in [0.05, 0.1) is 0 Å². The van der Waals surface area contributed by atoms with E-state index >= 15 is 0 Å². The Morgan fingerprint density at radius 3 is 1.48 bits per heavy atom. The summed E-state index contributed by atoms with van der Waals surface area (Å²) in [4.78, 5) is 0. The lowest BCUT2D eigenvalue weighted by Crippen LogP contribution is -2.31. The van der Waals surface area contributed by atoms with Gasteiger partial charge < -0.3 is 4.32 Å². The number of hydrogen-bond acceptors (Lipinski definition) is 0. The zero-order chi connectivity index (χ0) is 21.6. The van der Waals surface area contributed by atoms with E-state index in [1.54, 1.807) is 0 Å². The highest BCUT2D eigenvalue weighted by molar-refractivity contribution is 6.68. The van der Waals surface area contributed by atoms with Gasteiger partial charge in [0.2, 0.25) is 0 Å². The zero-order valence-corrected chi connectivity index (χ0v) is 18.4. The van der Waals surface area contributed by atoms with E-state index in [9.17, 15) is 4.32 Å². The molecule has 0 aromatic heterocycles. The van der Waals surface area contributed by atoms with Crippen LogP contribution in [0.15, 0.2) is 55.1 Å². The summed E-state index contributed by atoms with van der Waals surface area (Å²) in [5, 5.41) is 0. The van der Waals surface area contributed by atoms with Crippen LogP contribution in [0.3, 0.4) is 0 Å². The lowest BCUT2D eigenvalue weighted by Gasteiger charge is -2.11. The van der Waals surface area contributed by atoms with Gasteiger partial charge in [-0.05, 0) is 52.6 Å². The molecule has 0 nitrogen and oxygen atoms in total. The normalized spacial score (nSPS) is 10.0. The van der Waals surface area contributed by atoms with Crippen LogP contribution in [0.25, 0.3) is 6.08 Å². The molecule has 0 heterocycles. The Bertz CT molecular complexity index is 942. The van der Waals surface area contributed by atoms with E-state index in [0.29, 0.717) is 7.56 Å². The maximum absolute atomic E-state index is 12.3. The molecule has 0 fully saturated rings. The first-order valence-electron chi connectivity index (χ1n) is 9.91. The SMILES string of the molecule is C=Cc1ccc([B]c2c(C)cc(C)cc2C)cc1.Cc1cc(C)c([B]F)c(C)c1. The van der Waals surface area contributed by atoms with Crippen molar-refractivity contribution in [2.75, 3.05) is 0 Å². The van der Waals surface area contributed by atoms with Gasteiger partial charge in [-0.25, -0.2) is 0 Å². The third-order valence-electron chi connectivity index (χ3n) is 5.07. The van der Waals surface area contributed by atoms with Crippen molar-refractivity contribution in [2.45, 2.75) is 41.5 Å². The molecular weight excluding hydrogens is 353 g/mol. The predicted octanol–water partition coefficient (Wildman–Crippen LogP) is 4.74. The van der Waals surface area contributed by atoms with Crippen molar-refractivity contribution >= 4 is 37.3 Å². The van der Waals surface area contributed by atoms with E-state index in [4.69, 9.17) is 0 Å². The summed E-state index contributed by atoms with van der Waals surface area (Å²) in [6, 6.07) is 16.9. The molecule has 0 saturated heterocycles. The standard InChI is InChI=1S/C17H18B.C9H11BF/c1-5-15-6-8-16(9-7-15)18-17-13(3)10-12(2)11-14(17)4;1-6-4-7(2)9(10-11)8(3)5-6/h5-11H,1H2,2-4H3;4-5H,1-3H3. The summed E-state index contributed by atoms with van der Waals surface area (Å²) in [5.41, 5.74) is 11.6. The first-order chi connectivity index (χ1) is 13.7. The minimum absolute atomic E-state index is 0.671. The maximum Gasteiger partial charge on any atom is 0.392 e. The second kappa shape index (κ2) is 10.3. The van der Waals surface area contributed by atoms with Gasteiger partial charge in [-0.2, -0.15) is 0 Å². The quantitative estimate of drug-likeness (QED) is 0.572. The van der Waals surface area contributed by atoms with E-state index in [0.717, 1.165) is 22.2 Å². The molecule has 29 heavy (non-hydrogen) atoms. The molecule has 146 valence electrons. The molecule has 0 amide bonds. The Morgan fingerprint density at radius 2 is 1.10 bits per heavy atom. The van der Waals surface area contributed by atoms with Crippen LogP contribution in [-0.2, 0) is 0 Å². The summed E-state index contributed by atoms with van der Waals surface area (Å²) >= 11 is 0. The van der Waals surface area contributed by atoms with Gasteiger partial charge in [0.15, 0.2) is 7.28 Å². The molecule has 3 aromatic carbocycles. The van der Waals surface area contributed by atoms with E-state index in [-0.39, 0.29) is 0 Å². The van der Waals surface area contributed by atoms with Crippen molar-refractivity contribution in [1.82, 2.24) is 0 Å². The average Bonchev–Trinajstić information content (AvgIpc) is 2.65. The maximum atomic E-state index is 12.3. The Hall–Kier alpha value is -2.54. The van der Waals surface area contributed by atoms with Crippen LogP contribution in [-0.4, -0.2) is 14.8 Å². The summed E-state index contributed by atoms with van der Waals surface area (Å²) < 4.78 is 12.3. The van der Waals surface area contributed by atoms with Crippen LogP contribution in [0.4, 0.5) is 4.32 Å². The van der Waals surface area contributed by atoms with Gasteiger partial charge in [-0.3, -0.25) is 0 Å². The molecule has 0 atom stereocenters. The van der Waals surface area contributed by atoms with Crippen LogP contribution in [0.1, 0.15) is 38.9 Å². The Labute approximate surface area is 177 Å². The van der Waals surface area contributed by atoms with E-state index < -0.39 is 0 Å². The van der Waals surface area contributed by atoms with Crippen LogP contribution in [0, 0.1) is 41.5 Å². The Kier molecular flexibility index (Phi) is 8.08. The highest BCUT2D eigenvalue weighted by Gasteiger charge is 2.06. The number of benzene rings is 3. The summed E-state index contributed by atoms with van der Waals surface area (Å²) in [7, 11) is 2.92. The molecule has 3 heteroatoms. The van der Waals surface area contributed by atoms with Crippen molar-refractivity contribution in [3.05, 3.63) is 94.1 Å². The second-order valence-corrected chi connectivity index (χ2v) is 7.75. The molecule has 0 aliphatic carbocycles. The summed E-state index contributed by atoms with van der Waals surface area (Å²) in [6.07, 6.45) is 1.87. The highest BCUT2D eigenvalue weighted by atomic mass is 19.1. The summed E-state index contributed by atoms with van der Waals surface area (Å²) in [6.45, 7) is 16.1. The van der Waals surface area contributed by atoms with Gasteiger partial charge in [0.25, 0.3) is 0 Å². The van der Waals surface area contributed by atoms with Crippen LogP contribution < -0.4 is 16.4 Å². The van der Waals surface area contributed by atoms with Gasteiger partial charge in [-0.15, -0.1) is 0 Å². The summed E-state index contributed by atoms with van der Waals surface area (Å²) in [5.74, 6) is 0. The second-order valence-electron chi connectivity index (χ2n) is 7.75. The van der Waals surface area contributed by atoms with E-state index in [1.807, 2.05) is 39.0 Å². The molecule has 3 aromatic rings. The lowest BCUT2D eigenvalue weighted by molar-refractivity contribution is 0.883. The van der Waals surface area contributed by atoms with Crippen molar-refractivity contribution in [3.63, 3.8) is 0 Å². The van der Waals surface area contributed by atoms with Gasteiger partial charge in [0, 0.05) is 0 Å². The van der Waals surface area contributed by atoms with Crippen molar-refractivity contribution in [3.8, 4) is 0 Å². The van der Waals surface area contributed by atoms with Crippen LogP contribution >= 0.6 is 0 Å². The molecule has 0 saturated carbocycles. The molecule has 0 aliphatic heterocycles. The first-order valence-corrected chi connectivity index (χ1v) is 9.91. The minimum atomic E-state index is 0.671. The average molecular weight is 382 g/mol. The number of rotatable bonds is 4. The van der Waals surface area contributed by atoms with Crippen LogP contribution in [0.2, 0.25) is 0 Å². The molecular formula is C26H29B2F. The molecule has 3 rings (SSSR count). The van der Waals surface area contributed by atoms with Crippen molar-refractivity contribution < 1.29 is 4.32 Å².